The third-order valence-electron chi connectivity index (χ3n) is 3.12. The summed E-state index contributed by atoms with van der Waals surface area (Å²) >= 11 is 0. The molecule has 0 amide bonds. The smallest absolute Gasteiger partial charge is 0.324 e. The fraction of sp³-hybridized carbons (Fsp3) is 0.917. The largest absolute Gasteiger partial charge is 0.468 e. The first-order chi connectivity index (χ1) is 9.17. The molecule has 1 fully saturated rings. The minimum atomic E-state index is -3.75. The van der Waals surface area contributed by atoms with Gasteiger partial charge in [0, 0.05) is 13.1 Å². The van der Waals surface area contributed by atoms with E-state index in [0.717, 1.165) is 0 Å². The van der Waals surface area contributed by atoms with Gasteiger partial charge in [0.2, 0.25) is 0 Å². The molecule has 0 aliphatic carbocycles. The Morgan fingerprint density at radius 2 is 1.80 bits per heavy atom. The van der Waals surface area contributed by atoms with E-state index < -0.39 is 22.2 Å². The Kier molecular flexibility index (Phi) is 5.93. The summed E-state index contributed by atoms with van der Waals surface area (Å²) in [4.78, 5) is 11.7. The van der Waals surface area contributed by atoms with Gasteiger partial charge >= 0.3 is 5.97 Å². The number of methoxy groups -OCH3 is 1. The second-order valence-electron chi connectivity index (χ2n) is 5.44. The molecule has 1 aliphatic rings. The number of carbonyl (C=O) groups is 1. The van der Waals surface area contributed by atoms with Gasteiger partial charge in [-0.05, 0) is 19.8 Å². The number of morpholine rings is 1. The second-order valence-corrected chi connectivity index (χ2v) is 7.14. The van der Waals surface area contributed by atoms with Gasteiger partial charge in [0.15, 0.2) is 0 Å². The third-order valence-corrected chi connectivity index (χ3v) is 4.65. The highest BCUT2D eigenvalue weighted by Crippen LogP contribution is 2.15. The Bertz CT molecular complexity index is 427. The van der Waals surface area contributed by atoms with Crippen molar-refractivity contribution in [2.24, 2.45) is 5.92 Å². The molecule has 3 unspecified atom stereocenters. The van der Waals surface area contributed by atoms with Gasteiger partial charge in [0.05, 0.1) is 19.3 Å². The van der Waals surface area contributed by atoms with E-state index in [2.05, 4.69) is 9.46 Å². The van der Waals surface area contributed by atoms with Crippen molar-refractivity contribution < 1.29 is 22.7 Å². The van der Waals surface area contributed by atoms with E-state index in [4.69, 9.17) is 4.74 Å². The van der Waals surface area contributed by atoms with Crippen LogP contribution in [0.2, 0.25) is 0 Å². The van der Waals surface area contributed by atoms with Gasteiger partial charge in [-0.3, -0.25) is 4.79 Å². The van der Waals surface area contributed by atoms with Crippen LogP contribution in [0.25, 0.3) is 0 Å². The summed E-state index contributed by atoms with van der Waals surface area (Å²) in [6.07, 6.45) is -0.350. The first-order valence-electron chi connectivity index (χ1n) is 6.68. The summed E-state index contributed by atoms with van der Waals surface area (Å²) in [5.41, 5.74) is 0. The number of nitrogens with zero attached hydrogens (tertiary/aromatic N) is 1. The summed E-state index contributed by atoms with van der Waals surface area (Å²) in [5.74, 6) is -0.786. The SMILES string of the molecule is COC(=O)C(NS(=O)(=O)N1CC(C)OC(C)C1)C(C)C. The first kappa shape index (κ1) is 17.4. The maximum atomic E-state index is 12.4. The van der Waals surface area contributed by atoms with Crippen LogP contribution >= 0.6 is 0 Å². The summed E-state index contributed by atoms with van der Waals surface area (Å²) < 4.78 is 38.6. The lowest BCUT2D eigenvalue weighted by atomic mass is 10.1. The number of hydrogen-bond acceptors (Lipinski definition) is 5. The molecule has 1 aliphatic heterocycles. The lowest BCUT2D eigenvalue weighted by Crippen LogP contribution is -2.56. The Labute approximate surface area is 120 Å². The quantitative estimate of drug-likeness (QED) is 0.730. The van der Waals surface area contributed by atoms with Crippen LogP contribution < -0.4 is 4.72 Å². The third kappa shape index (κ3) is 4.41. The minimum Gasteiger partial charge on any atom is -0.468 e. The average molecular weight is 308 g/mol. The van der Waals surface area contributed by atoms with Gasteiger partial charge in [0.25, 0.3) is 10.2 Å². The maximum Gasteiger partial charge on any atom is 0.324 e. The van der Waals surface area contributed by atoms with Crippen molar-refractivity contribution in [1.29, 1.82) is 0 Å². The van der Waals surface area contributed by atoms with Crippen LogP contribution in [-0.4, -0.2) is 57.1 Å². The van der Waals surface area contributed by atoms with Crippen LogP contribution in [0.15, 0.2) is 0 Å². The van der Waals surface area contributed by atoms with Crippen LogP contribution in [0.1, 0.15) is 27.7 Å². The molecule has 1 heterocycles. The van der Waals surface area contributed by atoms with Crippen molar-refractivity contribution in [2.45, 2.75) is 45.9 Å². The van der Waals surface area contributed by atoms with E-state index in [1.807, 2.05) is 13.8 Å². The van der Waals surface area contributed by atoms with Crippen molar-refractivity contribution in [1.82, 2.24) is 9.03 Å². The van der Waals surface area contributed by atoms with Gasteiger partial charge < -0.3 is 9.47 Å². The molecule has 8 heteroatoms. The topological polar surface area (TPSA) is 84.9 Å². The highest BCUT2D eigenvalue weighted by atomic mass is 32.2. The van der Waals surface area contributed by atoms with Crippen LogP contribution in [0.3, 0.4) is 0 Å². The molecule has 0 aromatic carbocycles. The number of nitrogens with one attached hydrogen (secondary N) is 1. The van der Waals surface area contributed by atoms with Crippen molar-refractivity contribution in [2.75, 3.05) is 20.2 Å². The number of esters is 1. The van der Waals surface area contributed by atoms with Crippen LogP contribution in [-0.2, 0) is 24.5 Å². The monoisotopic (exact) mass is 308 g/mol. The van der Waals surface area contributed by atoms with Crippen molar-refractivity contribution in [3.8, 4) is 0 Å². The van der Waals surface area contributed by atoms with Gasteiger partial charge in [-0.1, -0.05) is 13.8 Å². The Morgan fingerprint density at radius 1 is 1.30 bits per heavy atom. The molecule has 0 aromatic rings. The van der Waals surface area contributed by atoms with Gasteiger partial charge in [0.1, 0.15) is 6.04 Å². The first-order valence-corrected chi connectivity index (χ1v) is 8.12. The highest BCUT2D eigenvalue weighted by molar-refractivity contribution is 7.87. The molecule has 118 valence electrons. The zero-order chi connectivity index (χ0) is 15.5. The number of carbonyl (C=O) groups excluding carboxylic acids is 1. The van der Waals surface area contributed by atoms with Crippen LogP contribution in [0.4, 0.5) is 0 Å². The fourth-order valence-corrected chi connectivity index (χ4v) is 3.80. The van der Waals surface area contributed by atoms with Gasteiger partial charge in [-0.25, -0.2) is 0 Å². The highest BCUT2D eigenvalue weighted by Gasteiger charge is 2.35. The molecule has 0 aromatic heterocycles. The van der Waals surface area contributed by atoms with Crippen LogP contribution in [0.5, 0.6) is 0 Å². The number of ether oxygens (including phenoxy) is 2. The molecule has 20 heavy (non-hydrogen) atoms. The Morgan fingerprint density at radius 3 is 2.20 bits per heavy atom. The molecule has 7 nitrogen and oxygen atoms in total. The molecule has 1 N–H and O–H groups in total. The minimum absolute atomic E-state index is 0.175. The van der Waals surface area contributed by atoms with E-state index in [1.165, 1.54) is 11.4 Å². The lowest BCUT2D eigenvalue weighted by molar-refractivity contribution is -0.143. The van der Waals surface area contributed by atoms with Gasteiger partial charge in [-0.2, -0.15) is 17.4 Å². The van der Waals surface area contributed by atoms with E-state index in [-0.39, 0.29) is 31.2 Å². The molecule has 0 spiro atoms. The molecule has 0 bridgehead atoms. The Hall–Kier alpha value is -0.700. The number of hydrogen-bond donors (Lipinski definition) is 1. The molecule has 0 saturated carbocycles. The molecular formula is C12H24N2O5S. The zero-order valence-electron chi connectivity index (χ0n) is 12.6. The maximum absolute atomic E-state index is 12.4. The molecular weight excluding hydrogens is 284 g/mol. The number of rotatable bonds is 5. The van der Waals surface area contributed by atoms with Gasteiger partial charge in [-0.15, -0.1) is 0 Å². The van der Waals surface area contributed by atoms with E-state index >= 15 is 0 Å². The predicted octanol–water partition coefficient (Wildman–Crippen LogP) is 0.128. The standard InChI is InChI=1S/C12H24N2O5S/c1-8(2)11(12(15)18-5)13-20(16,17)14-6-9(3)19-10(4)7-14/h8-11,13H,6-7H2,1-5H3. The normalized spacial score (nSPS) is 26.5. The predicted molar refractivity (Wildman–Crippen MR) is 74.3 cm³/mol. The zero-order valence-corrected chi connectivity index (χ0v) is 13.4. The average Bonchev–Trinajstić information content (AvgIpc) is 2.33. The second kappa shape index (κ2) is 6.84. The van der Waals surface area contributed by atoms with Crippen molar-refractivity contribution in [3.05, 3.63) is 0 Å². The molecule has 1 rings (SSSR count). The summed E-state index contributed by atoms with van der Waals surface area (Å²) in [6, 6.07) is -0.890. The van der Waals surface area contributed by atoms with Crippen molar-refractivity contribution >= 4 is 16.2 Å². The van der Waals surface area contributed by atoms with E-state index in [0.29, 0.717) is 0 Å². The van der Waals surface area contributed by atoms with E-state index in [1.54, 1.807) is 13.8 Å². The summed E-state index contributed by atoms with van der Waals surface area (Å²) in [7, 11) is -2.51. The van der Waals surface area contributed by atoms with Crippen LogP contribution in [0, 0.1) is 5.92 Å². The molecule has 1 saturated heterocycles. The fourth-order valence-electron chi connectivity index (χ4n) is 2.15. The van der Waals surface area contributed by atoms with Crippen molar-refractivity contribution in [3.63, 3.8) is 0 Å². The molecule has 3 atom stereocenters. The lowest BCUT2D eigenvalue weighted by Gasteiger charge is -2.35. The van der Waals surface area contributed by atoms with E-state index in [9.17, 15) is 13.2 Å². The molecule has 0 radical (unpaired) electrons. The summed E-state index contributed by atoms with van der Waals surface area (Å²) in [6.45, 7) is 7.69. The summed E-state index contributed by atoms with van der Waals surface area (Å²) in [5, 5.41) is 0. The Balaban J connectivity index is 2.84.